The van der Waals surface area contributed by atoms with Gasteiger partial charge in [0.25, 0.3) is 0 Å². The fraction of sp³-hybridized carbons (Fsp3) is 0.133. The molecule has 2 nitrogen and oxygen atoms in total. The lowest BCUT2D eigenvalue weighted by Gasteiger charge is -2.10. The summed E-state index contributed by atoms with van der Waals surface area (Å²) in [5.74, 6) is -1.30. The highest BCUT2D eigenvalue weighted by Crippen LogP contribution is 2.28. The first-order chi connectivity index (χ1) is 8.49. The van der Waals surface area contributed by atoms with Gasteiger partial charge >= 0.3 is 5.97 Å². The Morgan fingerprint density at radius 2 is 1.78 bits per heavy atom. The van der Waals surface area contributed by atoms with Crippen LogP contribution in [0.1, 0.15) is 21.5 Å². The Kier molecular flexibility index (Phi) is 3.15. The van der Waals surface area contributed by atoms with Crippen molar-refractivity contribution in [2.75, 3.05) is 0 Å². The van der Waals surface area contributed by atoms with Crippen LogP contribution in [0.4, 0.5) is 4.39 Å². The van der Waals surface area contributed by atoms with Crippen molar-refractivity contribution in [3.63, 3.8) is 0 Å². The first-order valence-electron chi connectivity index (χ1n) is 5.59. The Morgan fingerprint density at radius 1 is 1.06 bits per heavy atom. The molecule has 0 atom stereocenters. The van der Waals surface area contributed by atoms with Crippen LogP contribution < -0.4 is 0 Å². The van der Waals surface area contributed by atoms with Gasteiger partial charge in [0.05, 0.1) is 5.56 Å². The van der Waals surface area contributed by atoms with E-state index in [-0.39, 0.29) is 11.4 Å². The number of carboxylic acids is 1. The summed E-state index contributed by atoms with van der Waals surface area (Å²) in [5.41, 5.74) is 3.30. The van der Waals surface area contributed by atoms with E-state index in [4.69, 9.17) is 0 Å². The van der Waals surface area contributed by atoms with E-state index in [2.05, 4.69) is 0 Å². The zero-order valence-electron chi connectivity index (χ0n) is 10.2. The molecule has 18 heavy (non-hydrogen) atoms. The molecule has 92 valence electrons. The zero-order valence-corrected chi connectivity index (χ0v) is 10.2. The molecule has 2 rings (SSSR count). The lowest BCUT2D eigenvalue weighted by atomic mass is 9.94. The smallest absolute Gasteiger partial charge is 0.336 e. The van der Waals surface area contributed by atoms with E-state index in [9.17, 15) is 14.3 Å². The monoisotopic (exact) mass is 244 g/mol. The minimum Gasteiger partial charge on any atom is -0.478 e. The Labute approximate surface area is 105 Å². The van der Waals surface area contributed by atoms with E-state index in [1.165, 1.54) is 12.1 Å². The third-order valence-electron chi connectivity index (χ3n) is 2.88. The Balaban J connectivity index is 2.69. The molecule has 0 saturated heterocycles. The van der Waals surface area contributed by atoms with Gasteiger partial charge in [0.15, 0.2) is 0 Å². The van der Waals surface area contributed by atoms with Gasteiger partial charge in [-0.3, -0.25) is 0 Å². The number of hydrogen-bond donors (Lipinski definition) is 1. The maximum atomic E-state index is 13.1. The molecule has 0 aliphatic heterocycles. The van der Waals surface area contributed by atoms with Crippen molar-refractivity contribution in [3.05, 3.63) is 58.9 Å². The molecule has 1 N–H and O–H groups in total. The third kappa shape index (κ3) is 2.25. The zero-order chi connectivity index (χ0) is 13.3. The lowest BCUT2D eigenvalue weighted by Crippen LogP contribution is -2.00. The average Bonchev–Trinajstić information content (AvgIpc) is 2.28. The van der Waals surface area contributed by atoms with Crippen LogP contribution in [0.15, 0.2) is 36.4 Å². The van der Waals surface area contributed by atoms with Crippen LogP contribution in [0.25, 0.3) is 11.1 Å². The second-order valence-electron chi connectivity index (χ2n) is 4.31. The SMILES string of the molecule is Cc1ccc(C(=O)O)c(-c2ccc(F)cc2C)c1. The molecule has 0 aliphatic rings. The fourth-order valence-electron chi connectivity index (χ4n) is 2.00. The van der Waals surface area contributed by atoms with Crippen LogP contribution in [0.2, 0.25) is 0 Å². The summed E-state index contributed by atoms with van der Waals surface area (Å²) in [6, 6.07) is 9.51. The number of aromatic carboxylic acids is 1. The van der Waals surface area contributed by atoms with E-state index in [1.54, 1.807) is 25.1 Å². The summed E-state index contributed by atoms with van der Waals surface area (Å²) >= 11 is 0. The molecule has 0 radical (unpaired) electrons. The van der Waals surface area contributed by atoms with Crippen LogP contribution in [-0.2, 0) is 0 Å². The van der Waals surface area contributed by atoms with Gasteiger partial charge in [-0.05, 0) is 48.7 Å². The normalized spacial score (nSPS) is 10.4. The molecule has 3 heteroatoms. The maximum absolute atomic E-state index is 13.1. The topological polar surface area (TPSA) is 37.3 Å². The fourth-order valence-corrected chi connectivity index (χ4v) is 2.00. The van der Waals surface area contributed by atoms with E-state index in [0.29, 0.717) is 5.56 Å². The highest BCUT2D eigenvalue weighted by atomic mass is 19.1. The molecule has 0 unspecified atom stereocenters. The van der Waals surface area contributed by atoms with Crippen LogP contribution >= 0.6 is 0 Å². The van der Waals surface area contributed by atoms with Gasteiger partial charge in [0.1, 0.15) is 5.82 Å². The summed E-state index contributed by atoms with van der Waals surface area (Å²) in [6.45, 7) is 3.67. The lowest BCUT2D eigenvalue weighted by molar-refractivity contribution is 0.0698. The van der Waals surface area contributed by atoms with E-state index in [0.717, 1.165) is 16.7 Å². The molecule has 0 bridgehead atoms. The molecule has 0 aliphatic carbocycles. The van der Waals surface area contributed by atoms with Crippen molar-refractivity contribution in [3.8, 4) is 11.1 Å². The Hall–Kier alpha value is -2.16. The predicted octanol–water partition coefficient (Wildman–Crippen LogP) is 3.81. The minimum absolute atomic E-state index is 0.232. The number of aryl methyl sites for hydroxylation is 2. The van der Waals surface area contributed by atoms with E-state index in [1.807, 2.05) is 13.0 Å². The van der Waals surface area contributed by atoms with Crippen LogP contribution in [0.5, 0.6) is 0 Å². The van der Waals surface area contributed by atoms with Crippen LogP contribution in [0.3, 0.4) is 0 Å². The van der Waals surface area contributed by atoms with Gasteiger partial charge in [-0.15, -0.1) is 0 Å². The van der Waals surface area contributed by atoms with Gasteiger partial charge in [0, 0.05) is 0 Å². The molecule has 0 heterocycles. The molecular formula is C15H13FO2. The number of carboxylic acid groups (broad SMARTS) is 1. The molecule has 0 saturated carbocycles. The molecule has 0 fully saturated rings. The van der Waals surface area contributed by atoms with Crippen molar-refractivity contribution in [1.29, 1.82) is 0 Å². The van der Waals surface area contributed by atoms with Gasteiger partial charge in [0.2, 0.25) is 0 Å². The van der Waals surface area contributed by atoms with E-state index < -0.39 is 5.97 Å². The second-order valence-corrected chi connectivity index (χ2v) is 4.31. The van der Waals surface area contributed by atoms with Gasteiger partial charge in [-0.25, -0.2) is 9.18 Å². The standard InChI is InChI=1S/C15H13FO2/c1-9-3-5-13(15(17)18)14(7-9)12-6-4-11(16)8-10(12)2/h3-8H,1-2H3,(H,17,18). The van der Waals surface area contributed by atoms with Gasteiger partial charge < -0.3 is 5.11 Å². The minimum atomic E-state index is -0.978. The van der Waals surface area contributed by atoms with Crippen LogP contribution in [-0.4, -0.2) is 11.1 Å². The quantitative estimate of drug-likeness (QED) is 0.872. The highest BCUT2D eigenvalue weighted by molar-refractivity contribution is 5.96. The summed E-state index contributed by atoms with van der Waals surface area (Å²) in [4.78, 5) is 11.2. The average molecular weight is 244 g/mol. The summed E-state index contributed by atoms with van der Waals surface area (Å²) in [6.07, 6.45) is 0. The first-order valence-corrected chi connectivity index (χ1v) is 5.59. The van der Waals surface area contributed by atoms with Gasteiger partial charge in [-0.1, -0.05) is 23.8 Å². The summed E-state index contributed by atoms with van der Waals surface area (Å²) in [7, 11) is 0. The number of benzene rings is 2. The van der Waals surface area contributed by atoms with Crippen molar-refractivity contribution in [2.24, 2.45) is 0 Å². The summed E-state index contributed by atoms with van der Waals surface area (Å²) < 4.78 is 13.1. The second kappa shape index (κ2) is 4.61. The van der Waals surface area contributed by atoms with Crippen molar-refractivity contribution in [1.82, 2.24) is 0 Å². The Bertz CT molecular complexity index is 618. The van der Waals surface area contributed by atoms with Crippen molar-refractivity contribution >= 4 is 5.97 Å². The van der Waals surface area contributed by atoms with Crippen LogP contribution in [0, 0.1) is 19.7 Å². The van der Waals surface area contributed by atoms with Crippen molar-refractivity contribution in [2.45, 2.75) is 13.8 Å². The number of rotatable bonds is 2. The first kappa shape index (κ1) is 12.3. The predicted molar refractivity (Wildman–Crippen MR) is 68.3 cm³/mol. The largest absolute Gasteiger partial charge is 0.478 e. The molecule has 2 aromatic carbocycles. The highest BCUT2D eigenvalue weighted by Gasteiger charge is 2.13. The van der Waals surface area contributed by atoms with E-state index >= 15 is 0 Å². The number of hydrogen-bond acceptors (Lipinski definition) is 1. The molecule has 2 aromatic rings. The molecule has 0 aromatic heterocycles. The molecule has 0 spiro atoms. The molecule has 0 amide bonds. The Morgan fingerprint density at radius 3 is 2.39 bits per heavy atom. The summed E-state index contributed by atoms with van der Waals surface area (Å²) in [5, 5.41) is 9.19. The molecular weight excluding hydrogens is 231 g/mol. The third-order valence-corrected chi connectivity index (χ3v) is 2.88. The number of carbonyl (C=O) groups is 1. The van der Waals surface area contributed by atoms with Gasteiger partial charge in [-0.2, -0.15) is 0 Å². The van der Waals surface area contributed by atoms with Crippen molar-refractivity contribution < 1.29 is 14.3 Å². The number of halogens is 1. The maximum Gasteiger partial charge on any atom is 0.336 e.